The van der Waals surface area contributed by atoms with E-state index in [2.05, 4.69) is 15.0 Å². The third-order valence-corrected chi connectivity index (χ3v) is 5.41. The minimum atomic E-state index is -4.53. The lowest BCUT2D eigenvalue weighted by Gasteiger charge is -2.36. The van der Waals surface area contributed by atoms with Crippen LogP contribution in [0.3, 0.4) is 0 Å². The second kappa shape index (κ2) is 8.67. The first-order valence-corrected chi connectivity index (χ1v) is 10.3. The largest absolute Gasteiger partial charge is 0.434 e. The van der Waals surface area contributed by atoms with Crippen LogP contribution < -0.4 is 4.90 Å². The number of rotatable bonds is 4. The van der Waals surface area contributed by atoms with Crippen molar-refractivity contribution in [1.29, 1.82) is 0 Å². The van der Waals surface area contributed by atoms with Gasteiger partial charge in [0.25, 0.3) is 0 Å². The molecule has 1 aliphatic rings. The Morgan fingerprint density at radius 2 is 1.88 bits per heavy atom. The molecule has 11 heteroatoms. The van der Waals surface area contributed by atoms with E-state index in [1.165, 1.54) is 4.57 Å². The Morgan fingerprint density at radius 1 is 1.16 bits per heavy atom. The summed E-state index contributed by atoms with van der Waals surface area (Å²) in [6.07, 6.45) is -2.49. The Morgan fingerprint density at radius 3 is 2.53 bits per heavy atom. The van der Waals surface area contributed by atoms with Crippen LogP contribution in [0.25, 0.3) is 11.4 Å². The number of alkyl halides is 3. The number of benzene rings is 1. The quantitative estimate of drug-likeness (QED) is 0.383. The second-order valence-corrected chi connectivity index (χ2v) is 8.00. The van der Waals surface area contributed by atoms with Crippen LogP contribution >= 0.6 is 11.6 Å². The Hall–Kier alpha value is -2.72. The number of morpholine rings is 1. The van der Waals surface area contributed by atoms with Crippen LogP contribution in [0.15, 0.2) is 36.7 Å². The maximum Gasteiger partial charge on any atom is 0.434 e. The van der Waals surface area contributed by atoms with Gasteiger partial charge in [0.15, 0.2) is 17.3 Å². The predicted octanol–water partition coefficient (Wildman–Crippen LogP) is 5.31. The first kappa shape index (κ1) is 22.5. The van der Waals surface area contributed by atoms with Crippen molar-refractivity contribution < 1.29 is 22.3 Å². The minimum absolute atomic E-state index is 0.0667. The minimum Gasteiger partial charge on any atom is -0.377 e. The van der Waals surface area contributed by atoms with Gasteiger partial charge in [0.1, 0.15) is 5.82 Å². The molecule has 0 radical (unpaired) electrons. The number of imidazole rings is 1. The number of hydrogen-bond acceptors (Lipinski definition) is 5. The van der Waals surface area contributed by atoms with Crippen molar-refractivity contribution in [3.63, 3.8) is 0 Å². The van der Waals surface area contributed by atoms with Gasteiger partial charge in [-0.25, -0.2) is 14.4 Å². The number of ether oxygens (including phenoxy) is 1. The SMILES string of the molecule is CC(C)n1cc(C(F)(F)F)nc1-c1ccc(C2COCCN2c2nc(Cl)ncc2F)cc1. The summed E-state index contributed by atoms with van der Waals surface area (Å²) in [7, 11) is 0. The molecule has 0 amide bonds. The van der Waals surface area contributed by atoms with E-state index in [1.807, 2.05) is 0 Å². The molecule has 170 valence electrons. The summed E-state index contributed by atoms with van der Waals surface area (Å²) in [6, 6.07) is 6.39. The van der Waals surface area contributed by atoms with E-state index in [4.69, 9.17) is 16.3 Å². The topological polar surface area (TPSA) is 56.1 Å². The average Bonchev–Trinajstić information content (AvgIpc) is 3.22. The predicted molar refractivity (Wildman–Crippen MR) is 111 cm³/mol. The standard InChI is InChI=1S/C21H20ClF4N5O/c1-12(2)31-10-17(21(24,25)26)28-18(31)14-5-3-13(4-6-14)16-11-32-8-7-30(16)19-15(23)9-27-20(22)29-19/h3-6,9-10,12,16H,7-8,11H2,1-2H3. The van der Waals surface area contributed by atoms with E-state index in [1.54, 1.807) is 43.0 Å². The summed E-state index contributed by atoms with van der Waals surface area (Å²) in [5, 5.41) is -0.0667. The zero-order valence-electron chi connectivity index (χ0n) is 17.3. The lowest BCUT2D eigenvalue weighted by molar-refractivity contribution is -0.140. The summed E-state index contributed by atoms with van der Waals surface area (Å²) in [5.41, 5.74) is 0.395. The van der Waals surface area contributed by atoms with Gasteiger partial charge in [0.05, 0.1) is 25.5 Å². The zero-order valence-corrected chi connectivity index (χ0v) is 18.0. The van der Waals surface area contributed by atoms with Gasteiger partial charge in [-0.05, 0) is 31.0 Å². The molecule has 0 saturated carbocycles. The summed E-state index contributed by atoms with van der Waals surface area (Å²) in [4.78, 5) is 13.2. The fourth-order valence-corrected chi connectivity index (χ4v) is 3.79. The molecule has 6 nitrogen and oxygen atoms in total. The van der Waals surface area contributed by atoms with Gasteiger partial charge in [0.2, 0.25) is 5.28 Å². The monoisotopic (exact) mass is 469 g/mol. The van der Waals surface area contributed by atoms with E-state index in [0.29, 0.717) is 25.3 Å². The molecular formula is C21H20ClF4N5O. The fraction of sp³-hybridized carbons (Fsp3) is 0.381. The Bertz CT molecular complexity index is 1100. The van der Waals surface area contributed by atoms with Crippen molar-refractivity contribution in [2.45, 2.75) is 32.1 Å². The molecule has 0 spiro atoms. The zero-order chi connectivity index (χ0) is 23.0. The molecule has 1 fully saturated rings. The molecule has 1 atom stereocenters. The van der Waals surface area contributed by atoms with E-state index in [9.17, 15) is 17.6 Å². The molecule has 4 rings (SSSR count). The number of halogens is 5. The number of nitrogens with zero attached hydrogens (tertiary/aromatic N) is 5. The molecule has 3 aromatic rings. The molecule has 1 aliphatic heterocycles. The molecule has 1 aromatic carbocycles. The van der Waals surface area contributed by atoms with Gasteiger partial charge >= 0.3 is 6.18 Å². The first-order chi connectivity index (χ1) is 15.1. The molecule has 32 heavy (non-hydrogen) atoms. The van der Waals surface area contributed by atoms with E-state index >= 15 is 0 Å². The maximum absolute atomic E-state index is 14.4. The summed E-state index contributed by atoms with van der Waals surface area (Å²) in [5.74, 6) is -0.298. The van der Waals surface area contributed by atoms with Gasteiger partial charge in [-0.3, -0.25) is 0 Å². The molecular weight excluding hydrogens is 450 g/mol. The van der Waals surface area contributed by atoms with Crippen LogP contribution in [0, 0.1) is 5.82 Å². The normalized spacial score (nSPS) is 17.2. The lowest BCUT2D eigenvalue weighted by Crippen LogP contribution is -2.40. The van der Waals surface area contributed by atoms with E-state index < -0.39 is 17.7 Å². The lowest BCUT2D eigenvalue weighted by atomic mass is 10.0. The molecule has 2 aromatic heterocycles. The van der Waals surface area contributed by atoms with Gasteiger partial charge < -0.3 is 14.2 Å². The highest BCUT2D eigenvalue weighted by Gasteiger charge is 2.35. The third-order valence-electron chi connectivity index (χ3n) is 5.23. The molecule has 0 N–H and O–H groups in total. The van der Waals surface area contributed by atoms with Crippen LogP contribution in [0.1, 0.15) is 37.2 Å². The third kappa shape index (κ3) is 4.42. The molecule has 1 saturated heterocycles. The average molecular weight is 470 g/mol. The summed E-state index contributed by atoms with van der Waals surface area (Å²) < 4.78 is 61.0. The van der Waals surface area contributed by atoms with E-state index in [-0.39, 0.29) is 29.0 Å². The number of hydrogen-bond donors (Lipinski definition) is 0. The molecule has 3 heterocycles. The molecule has 1 unspecified atom stereocenters. The van der Waals surface area contributed by atoms with Crippen molar-refractivity contribution in [3.05, 3.63) is 59.0 Å². The van der Waals surface area contributed by atoms with Crippen molar-refractivity contribution in [1.82, 2.24) is 19.5 Å². The molecule has 0 aliphatic carbocycles. The fourth-order valence-electron chi connectivity index (χ4n) is 3.66. The molecule has 0 bridgehead atoms. The second-order valence-electron chi connectivity index (χ2n) is 7.67. The van der Waals surface area contributed by atoms with Crippen LogP contribution in [-0.2, 0) is 10.9 Å². The highest BCUT2D eigenvalue weighted by Crippen LogP contribution is 2.34. The summed E-state index contributed by atoms with van der Waals surface area (Å²) in [6.45, 7) is 4.65. The maximum atomic E-state index is 14.4. The van der Waals surface area contributed by atoms with Crippen molar-refractivity contribution >= 4 is 17.4 Å². The van der Waals surface area contributed by atoms with Crippen molar-refractivity contribution in [3.8, 4) is 11.4 Å². The van der Waals surface area contributed by atoms with Crippen molar-refractivity contribution in [2.24, 2.45) is 0 Å². The van der Waals surface area contributed by atoms with Gasteiger partial charge in [-0.1, -0.05) is 24.3 Å². The van der Waals surface area contributed by atoms with E-state index in [0.717, 1.165) is 18.0 Å². The smallest absolute Gasteiger partial charge is 0.377 e. The number of anilines is 1. The summed E-state index contributed by atoms with van der Waals surface area (Å²) >= 11 is 5.86. The first-order valence-electron chi connectivity index (χ1n) is 9.94. The van der Waals surface area contributed by atoms with Gasteiger partial charge in [-0.2, -0.15) is 18.2 Å². The highest BCUT2D eigenvalue weighted by atomic mass is 35.5. The van der Waals surface area contributed by atoms with Gasteiger partial charge in [0, 0.05) is 24.3 Å². The van der Waals surface area contributed by atoms with Crippen LogP contribution in [0.4, 0.5) is 23.4 Å². The van der Waals surface area contributed by atoms with Crippen LogP contribution in [0.5, 0.6) is 0 Å². The Balaban J connectivity index is 1.67. The van der Waals surface area contributed by atoms with Gasteiger partial charge in [-0.15, -0.1) is 0 Å². The Kier molecular flexibility index (Phi) is 6.09. The van der Waals surface area contributed by atoms with Crippen LogP contribution in [0.2, 0.25) is 5.28 Å². The Labute approximate surface area is 186 Å². The van der Waals surface area contributed by atoms with Crippen LogP contribution in [-0.4, -0.2) is 39.3 Å². The number of aromatic nitrogens is 4. The highest BCUT2D eigenvalue weighted by molar-refractivity contribution is 6.28. The van der Waals surface area contributed by atoms with Crippen molar-refractivity contribution in [2.75, 3.05) is 24.7 Å².